The summed E-state index contributed by atoms with van der Waals surface area (Å²) in [5, 5.41) is 10.4. The van der Waals surface area contributed by atoms with E-state index in [9.17, 15) is 9.59 Å². The van der Waals surface area contributed by atoms with E-state index in [1.165, 1.54) is 15.9 Å². The van der Waals surface area contributed by atoms with Crippen LogP contribution in [-0.4, -0.2) is 48.6 Å². The minimum atomic E-state index is -0.224. The third-order valence-electron chi connectivity index (χ3n) is 5.06. The smallest absolute Gasteiger partial charge is 0.278 e. The maximum atomic E-state index is 12.6. The van der Waals surface area contributed by atoms with Crippen LogP contribution in [0.15, 0.2) is 39.1 Å². The second kappa shape index (κ2) is 6.96. The van der Waals surface area contributed by atoms with Gasteiger partial charge in [0.2, 0.25) is 0 Å². The first kappa shape index (κ1) is 17.8. The van der Waals surface area contributed by atoms with E-state index in [0.717, 1.165) is 24.3 Å². The van der Waals surface area contributed by atoms with E-state index in [4.69, 9.17) is 4.52 Å². The molecule has 9 nitrogen and oxygen atoms in total. The van der Waals surface area contributed by atoms with Gasteiger partial charge in [-0.25, -0.2) is 4.52 Å². The number of aromatic amines is 1. The van der Waals surface area contributed by atoms with Gasteiger partial charge < -0.3 is 14.4 Å². The van der Waals surface area contributed by atoms with Crippen molar-refractivity contribution >= 4 is 22.8 Å². The number of carbonyl (C=O) groups is 1. The van der Waals surface area contributed by atoms with Gasteiger partial charge in [0.25, 0.3) is 17.4 Å². The number of nitrogens with one attached hydrogen (secondary N) is 1. The van der Waals surface area contributed by atoms with Crippen molar-refractivity contribution in [1.29, 1.82) is 0 Å². The molecule has 1 aliphatic heterocycles. The third kappa shape index (κ3) is 3.25. The summed E-state index contributed by atoms with van der Waals surface area (Å²) in [6, 6.07) is 5.35. The number of thiophene rings is 1. The Kier molecular flexibility index (Phi) is 4.27. The van der Waals surface area contributed by atoms with Crippen LogP contribution in [0.2, 0.25) is 0 Å². The van der Waals surface area contributed by atoms with E-state index in [2.05, 4.69) is 20.2 Å². The topological polar surface area (TPSA) is 109 Å². The van der Waals surface area contributed by atoms with Crippen molar-refractivity contribution in [3.63, 3.8) is 0 Å². The highest BCUT2D eigenvalue weighted by Gasteiger charge is 2.29. The highest BCUT2D eigenvalue weighted by molar-refractivity contribution is 7.12. The standard InChI is InChI=1S/C19H18N6O3S/c1-11-9-25-14(17(26)20-11)8-13(22-25)18-21-16(23-28-18)12-4-2-6-24(10-12)19(27)15-5-3-7-29-15/h3,5,7-9,12H,2,4,6,10H2,1H3,(H,20,26)/t12-/m1/s1. The number of aromatic nitrogens is 5. The molecule has 4 aromatic heterocycles. The first-order valence-corrected chi connectivity index (χ1v) is 10.2. The van der Waals surface area contributed by atoms with Crippen LogP contribution in [0.5, 0.6) is 0 Å². The maximum absolute atomic E-state index is 12.6. The number of hydrogen-bond acceptors (Lipinski definition) is 7. The average Bonchev–Trinajstić information content (AvgIpc) is 3.46. The van der Waals surface area contributed by atoms with Crippen LogP contribution >= 0.6 is 11.3 Å². The number of likely N-dealkylation sites (tertiary alicyclic amines) is 1. The molecule has 0 unspecified atom stereocenters. The van der Waals surface area contributed by atoms with Gasteiger partial charge in [-0.1, -0.05) is 11.2 Å². The first-order chi connectivity index (χ1) is 14.1. The zero-order valence-electron chi connectivity index (χ0n) is 15.7. The molecule has 1 atom stereocenters. The van der Waals surface area contributed by atoms with Crippen LogP contribution in [0.1, 0.15) is 39.9 Å². The van der Waals surface area contributed by atoms with Crippen LogP contribution in [0.3, 0.4) is 0 Å². The maximum Gasteiger partial charge on any atom is 0.278 e. The molecule has 5 rings (SSSR count). The summed E-state index contributed by atoms with van der Waals surface area (Å²) in [6.07, 6.45) is 3.50. The van der Waals surface area contributed by atoms with Crippen molar-refractivity contribution in [3.05, 3.63) is 56.5 Å². The number of H-pyrrole nitrogens is 1. The molecule has 148 valence electrons. The summed E-state index contributed by atoms with van der Waals surface area (Å²) in [6.45, 7) is 3.07. The quantitative estimate of drug-likeness (QED) is 0.556. The lowest BCUT2D eigenvalue weighted by molar-refractivity contribution is 0.0708. The van der Waals surface area contributed by atoms with Crippen LogP contribution in [0.25, 0.3) is 17.1 Å². The molecule has 1 fully saturated rings. The van der Waals surface area contributed by atoms with Gasteiger partial charge in [-0.05, 0) is 31.2 Å². The summed E-state index contributed by atoms with van der Waals surface area (Å²) in [5.74, 6) is 0.879. The number of amides is 1. The van der Waals surface area contributed by atoms with E-state index in [1.807, 2.05) is 22.4 Å². The van der Waals surface area contributed by atoms with Crippen LogP contribution in [-0.2, 0) is 0 Å². The number of piperidine rings is 1. The Labute approximate surface area is 169 Å². The molecule has 10 heteroatoms. The molecule has 1 aliphatic rings. The van der Waals surface area contributed by atoms with Gasteiger partial charge >= 0.3 is 0 Å². The van der Waals surface area contributed by atoms with Crippen molar-refractivity contribution in [2.24, 2.45) is 0 Å². The summed E-state index contributed by atoms with van der Waals surface area (Å²) in [5.41, 5.74) is 1.34. The van der Waals surface area contributed by atoms with Gasteiger partial charge in [-0.3, -0.25) is 9.59 Å². The molecule has 5 heterocycles. The van der Waals surface area contributed by atoms with E-state index in [-0.39, 0.29) is 23.3 Å². The van der Waals surface area contributed by atoms with E-state index in [0.29, 0.717) is 29.3 Å². The Hall–Kier alpha value is -3.27. The van der Waals surface area contributed by atoms with E-state index >= 15 is 0 Å². The van der Waals surface area contributed by atoms with Crippen LogP contribution in [0, 0.1) is 6.92 Å². The summed E-state index contributed by atoms with van der Waals surface area (Å²) in [4.78, 5) is 34.6. The lowest BCUT2D eigenvalue weighted by Crippen LogP contribution is -2.39. The second-order valence-corrected chi connectivity index (χ2v) is 8.10. The minimum Gasteiger partial charge on any atom is -0.337 e. The minimum absolute atomic E-state index is 0.00726. The molecular formula is C19H18N6O3S. The predicted octanol–water partition coefficient (Wildman–Crippen LogP) is 2.46. The van der Waals surface area contributed by atoms with Crippen molar-refractivity contribution in [3.8, 4) is 11.6 Å². The zero-order valence-corrected chi connectivity index (χ0v) is 16.5. The predicted molar refractivity (Wildman–Crippen MR) is 106 cm³/mol. The van der Waals surface area contributed by atoms with E-state index < -0.39 is 0 Å². The molecule has 4 aromatic rings. The molecule has 0 radical (unpaired) electrons. The Bertz CT molecular complexity index is 1240. The van der Waals surface area contributed by atoms with Gasteiger partial charge in [-0.15, -0.1) is 11.3 Å². The fourth-order valence-electron chi connectivity index (χ4n) is 3.66. The molecule has 0 aliphatic carbocycles. The Balaban J connectivity index is 1.39. The Morgan fingerprint density at radius 1 is 1.41 bits per heavy atom. The highest BCUT2D eigenvalue weighted by atomic mass is 32.1. The van der Waals surface area contributed by atoms with Crippen molar-refractivity contribution in [2.75, 3.05) is 13.1 Å². The van der Waals surface area contributed by atoms with Crippen molar-refractivity contribution < 1.29 is 9.32 Å². The molecule has 0 spiro atoms. The molecule has 1 amide bonds. The number of rotatable bonds is 3. The van der Waals surface area contributed by atoms with Crippen LogP contribution < -0.4 is 5.56 Å². The molecule has 1 N–H and O–H groups in total. The van der Waals surface area contributed by atoms with Gasteiger partial charge in [0.15, 0.2) is 11.5 Å². The highest BCUT2D eigenvalue weighted by Crippen LogP contribution is 2.28. The molecule has 29 heavy (non-hydrogen) atoms. The monoisotopic (exact) mass is 410 g/mol. The normalized spacial score (nSPS) is 17.1. The SMILES string of the molecule is Cc1cn2nc(-c3nc([C@@H]4CCCN(C(=O)c5cccs5)C4)no3)cc2c(=O)[nH]1. The largest absolute Gasteiger partial charge is 0.337 e. The Morgan fingerprint density at radius 2 is 2.31 bits per heavy atom. The average molecular weight is 410 g/mol. The zero-order chi connectivity index (χ0) is 20.0. The third-order valence-corrected chi connectivity index (χ3v) is 5.92. The summed E-state index contributed by atoms with van der Waals surface area (Å²) in [7, 11) is 0. The molecule has 0 saturated carbocycles. The molecule has 0 bridgehead atoms. The van der Waals surface area contributed by atoms with E-state index in [1.54, 1.807) is 19.2 Å². The summed E-state index contributed by atoms with van der Waals surface area (Å²) >= 11 is 1.45. The van der Waals surface area contributed by atoms with Gasteiger partial charge in [0.1, 0.15) is 5.52 Å². The number of aryl methyl sites for hydroxylation is 1. The Morgan fingerprint density at radius 3 is 3.14 bits per heavy atom. The fourth-order valence-corrected chi connectivity index (χ4v) is 4.35. The van der Waals surface area contributed by atoms with Gasteiger partial charge in [-0.2, -0.15) is 10.1 Å². The van der Waals surface area contributed by atoms with Gasteiger partial charge in [0, 0.05) is 37.0 Å². The second-order valence-electron chi connectivity index (χ2n) is 7.15. The lowest BCUT2D eigenvalue weighted by Gasteiger charge is -2.30. The van der Waals surface area contributed by atoms with Gasteiger partial charge in [0.05, 0.1) is 4.88 Å². The molecular weight excluding hydrogens is 392 g/mol. The molecule has 1 saturated heterocycles. The number of fused-ring (bicyclic) bond motifs is 1. The van der Waals surface area contributed by atoms with Crippen molar-refractivity contribution in [1.82, 2.24) is 29.6 Å². The molecule has 0 aromatic carbocycles. The summed E-state index contributed by atoms with van der Waals surface area (Å²) < 4.78 is 6.93. The number of nitrogens with zero attached hydrogens (tertiary/aromatic N) is 5. The van der Waals surface area contributed by atoms with Crippen LogP contribution in [0.4, 0.5) is 0 Å². The van der Waals surface area contributed by atoms with Crippen molar-refractivity contribution in [2.45, 2.75) is 25.7 Å². The number of carbonyl (C=O) groups excluding carboxylic acids is 1. The first-order valence-electron chi connectivity index (χ1n) is 9.34. The lowest BCUT2D eigenvalue weighted by atomic mass is 9.97. The number of hydrogen-bond donors (Lipinski definition) is 1. The fraction of sp³-hybridized carbons (Fsp3) is 0.316.